The van der Waals surface area contributed by atoms with E-state index in [1.54, 1.807) is 21.3 Å². The summed E-state index contributed by atoms with van der Waals surface area (Å²) in [5.74, 6) is 4.95. The number of fused-ring (bicyclic) bond motifs is 2. The Kier molecular flexibility index (Phi) is 9.31. The van der Waals surface area contributed by atoms with Gasteiger partial charge in [-0.3, -0.25) is 14.7 Å². The van der Waals surface area contributed by atoms with Gasteiger partial charge in [0.05, 0.1) is 27.4 Å². The Morgan fingerprint density at radius 1 is 0.745 bits per heavy atom. The SMILES string of the molecule is COc1ccc2cc1Oc1ccc(cc1)C[C@H]1c3cc(ccc3CCN1C)Oc1c(OC)c(OC)c(CN3CCC(O)C3)c3c1[C@H](C2)N(C)CC3. The molecule has 9 nitrogen and oxygen atoms in total. The zero-order valence-corrected chi connectivity index (χ0v) is 30.4. The van der Waals surface area contributed by atoms with Crippen LogP contribution in [0, 0.1) is 0 Å². The molecule has 51 heavy (non-hydrogen) atoms. The normalized spacial score (nSPS) is 22.0. The number of hydrogen-bond donors (Lipinski definition) is 1. The number of hydrogen-bond acceptors (Lipinski definition) is 9. The van der Waals surface area contributed by atoms with E-state index in [1.165, 1.54) is 22.3 Å². The fraction of sp³-hybridized carbons (Fsp3) is 0.429. The van der Waals surface area contributed by atoms with Crippen molar-refractivity contribution in [2.75, 3.05) is 61.6 Å². The van der Waals surface area contributed by atoms with Crippen LogP contribution >= 0.6 is 0 Å². The smallest absolute Gasteiger partial charge is 0.204 e. The van der Waals surface area contributed by atoms with E-state index in [9.17, 15) is 5.11 Å². The summed E-state index contributed by atoms with van der Waals surface area (Å²) in [6.07, 6.45) is 3.88. The third-order valence-electron chi connectivity index (χ3n) is 11.4. The number of benzene rings is 4. The van der Waals surface area contributed by atoms with Crippen LogP contribution in [-0.2, 0) is 32.2 Å². The first-order chi connectivity index (χ1) is 24.8. The summed E-state index contributed by atoms with van der Waals surface area (Å²) in [5.41, 5.74) is 8.49. The minimum atomic E-state index is -0.313. The van der Waals surface area contributed by atoms with E-state index in [1.807, 2.05) is 6.07 Å². The molecule has 6 bridgehead atoms. The molecular weight excluding hydrogens is 642 g/mol. The van der Waals surface area contributed by atoms with E-state index in [-0.39, 0.29) is 18.2 Å². The number of aliphatic hydroxyl groups is 1. The van der Waals surface area contributed by atoms with Crippen molar-refractivity contribution in [3.8, 4) is 40.2 Å². The minimum absolute atomic E-state index is 0.0256. The third kappa shape index (κ3) is 6.41. The summed E-state index contributed by atoms with van der Waals surface area (Å²) in [4.78, 5) is 7.19. The number of ether oxygens (including phenoxy) is 5. The van der Waals surface area contributed by atoms with Crippen molar-refractivity contribution in [2.24, 2.45) is 0 Å². The van der Waals surface area contributed by atoms with Crippen molar-refractivity contribution in [2.45, 2.75) is 56.8 Å². The molecule has 4 aromatic rings. The highest BCUT2D eigenvalue weighted by Gasteiger charge is 2.37. The Balaban J connectivity index is 1.34. The van der Waals surface area contributed by atoms with Crippen molar-refractivity contribution < 1.29 is 28.8 Å². The molecule has 0 aromatic heterocycles. The van der Waals surface area contributed by atoms with Crippen molar-refractivity contribution in [3.05, 3.63) is 99.6 Å². The lowest BCUT2D eigenvalue weighted by molar-refractivity contribution is 0.173. The van der Waals surface area contributed by atoms with Gasteiger partial charge in [-0.15, -0.1) is 0 Å². The molecule has 1 saturated heterocycles. The van der Waals surface area contributed by atoms with Crippen LogP contribution in [0.2, 0.25) is 0 Å². The van der Waals surface area contributed by atoms with Gasteiger partial charge in [-0.1, -0.05) is 24.3 Å². The average molecular weight is 692 g/mol. The van der Waals surface area contributed by atoms with Gasteiger partial charge in [0.15, 0.2) is 23.0 Å². The maximum atomic E-state index is 10.4. The van der Waals surface area contributed by atoms with Crippen molar-refractivity contribution in [3.63, 3.8) is 0 Å². The molecule has 9 heteroatoms. The molecule has 1 N–H and O–H groups in total. The van der Waals surface area contributed by atoms with E-state index in [0.29, 0.717) is 48.3 Å². The van der Waals surface area contributed by atoms with Gasteiger partial charge in [0.1, 0.15) is 11.5 Å². The number of nitrogens with zero attached hydrogens (tertiary/aromatic N) is 3. The van der Waals surface area contributed by atoms with Gasteiger partial charge >= 0.3 is 0 Å². The number of methoxy groups -OCH3 is 3. The van der Waals surface area contributed by atoms with E-state index in [2.05, 4.69) is 83.4 Å². The Hall–Kier alpha value is -4.28. The van der Waals surface area contributed by atoms with Gasteiger partial charge < -0.3 is 28.8 Å². The van der Waals surface area contributed by atoms with Gasteiger partial charge in [-0.25, -0.2) is 0 Å². The molecule has 0 aliphatic carbocycles. The van der Waals surface area contributed by atoms with Crippen LogP contribution in [0.4, 0.5) is 0 Å². The molecule has 5 aliphatic rings. The second-order valence-electron chi connectivity index (χ2n) is 14.5. The molecule has 0 spiro atoms. The third-order valence-corrected chi connectivity index (χ3v) is 11.4. The first-order valence-corrected chi connectivity index (χ1v) is 18.2. The maximum Gasteiger partial charge on any atom is 0.204 e. The predicted octanol–water partition coefficient (Wildman–Crippen LogP) is 6.72. The largest absolute Gasteiger partial charge is 0.493 e. The van der Waals surface area contributed by atoms with Crippen molar-refractivity contribution >= 4 is 0 Å². The quantitative estimate of drug-likeness (QED) is 0.246. The summed E-state index contributed by atoms with van der Waals surface area (Å²) in [5, 5.41) is 10.4. The summed E-state index contributed by atoms with van der Waals surface area (Å²) >= 11 is 0. The zero-order chi connectivity index (χ0) is 35.2. The number of likely N-dealkylation sites (N-methyl/N-ethyl adjacent to an activating group) is 2. The van der Waals surface area contributed by atoms with Gasteiger partial charge in [0, 0.05) is 55.9 Å². The summed E-state index contributed by atoms with van der Waals surface area (Å²) in [6, 6.07) is 21.5. The van der Waals surface area contributed by atoms with Crippen LogP contribution in [-0.4, -0.2) is 87.5 Å². The molecule has 3 atom stereocenters. The first-order valence-electron chi connectivity index (χ1n) is 18.2. The highest BCUT2D eigenvalue weighted by Crippen LogP contribution is 2.53. The van der Waals surface area contributed by atoms with Gasteiger partial charge in [0.25, 0.3) is 0 Å². The molecule has 268 valence electrons. The minimum Gasteiger partial charge on any atom is -0.493 e. The average Bonchev–Trinajstić information content (AvgIpc) is 3.55. The van der Waals surface area contributed by atoms with Crippen molar-refractivity contribution in [1.82, 2.24) is 14.7 Å². The Labute approximate surface area is 301 Å². The maximum absolute atomic E-state index is 10.4. The number of rotatable bonds is 5. The van der Waals surface area contributed by atoms with E-state index < -0.39 is 0 Å². The van der Waals surface area contributed by atoms with Crippen LogP contribution in [0.3, 0.4) is 0 Å². The van der Waals surface area contributed by atoms with E-state index in [4.69, 9.17) is 23.7 Å². The molecule has 0 saturated carbocycles. The Bertz CT molecular complexity index is 1910. The van der Waals surface area contributed by atoms with Crippen LogP contribution in [0.25, 0.3) is 0 Å². The second-order valence-corrected chi connectivity index (χ2v) is 14.5. The van der Waals surface area contributed by atoms with Crippen molar-refractivity contribution in [1.29, 1.82) is 0 Å². The molecule has 9 rings (SSSR count). The molecule has 0 amide bonds. The van der Waals surface area contributed by atoms with E-state index in [0.717, 1.165) is 73.5 Å². The summed E-state index contributed by atoms with van der Waals surface area (Å²) in [7, 11) is 9.52. The van der Waals surface area contributed by atoms with Crippen LogP contribution < -0.4 is 23.7 Å². The highest BCUT2D eigenvalue weighted by atomic mass is 16.5. The monoisotopic (exact) mass is 691 g/mol. The molecular formula is C42H49N3O6. The first kappa shape index (κ1) is 33.8. The summed E-state index contributed by atoms with van der Waals surface area (Å²) < 4.78 is 31.9. The van der Waals surface area contributed by atoms with Gasteiger partial charge in [-0.2, -0.15) is 0 Å². The summed E-state index contributed by atoms with van der Waals surface area (Å²) in [6.45, 7) is 4.02. The zero-order valence-electron chi connectivity index (χ0n) is 30.4. The molecule has 1 unspecified atom stereocenters. The Morgan fingerprint density at radius 2 is 1.47 bits per heavy atom. The highest BCUT2D eigenvalue weighted by molar-refractivity contribution is 5.67. The Morgan fingerprint density at radius 3 is 2.22 bits per heavy atom. The molecule has 5 heterocycles. The van der Waals surface area contributed by atoms with E-state index >= 15 is 0 Å². The fourth-order valence-corrected chi connectivity index (χ4v) is 8.65. The number of aliphatic hydroxyl groups excluding tert-OH is 1. The fourth-order valence-electron chi connectivity index (χ4n) is 8.65. The predicted molar refractivity (Wildman–Crippen MR) is 197 cm³/mol. The van der Waals surface area contributed by atoms with Crippen LogP contribution in [0.1, 0.15) is 57.4 Å². The number of β-amino-alcohol motifs (C(OH)–C–C–N with tert-alkyl or cyclic N) is 1. The lowest BCUT2D eigenvalue weighted by atomic mass is 9.84. The molecule has 1 fully saturated rings. The standard InChI is InChI=1S/C42H49N3O6/c1-43-17-14-28-9-12-31-23-33(28)35(43)20-26-6-10-30(11-7-26)50-38-22-27(8-13-37(38)47-3)21-36-39-32(16-18-44(36)2)34(25-45-19-15-29(46)24-45)40(48-4)42(49-5)41(39)51-31/h6-13,22-23,29,35-36,46H,14-21,24-25H2,1-5H3/t29?,35-,36-/m0/s1. The lowest BCUT2D eigenvalue weighted by Crippen LogP contribution is -2.35. The molecule has 5 aliphatic heterocycles. The van der Waals surface area contributed by atoms with Gasteiger partial charge in [0.2, 0.25) is 5.75 Å². The molecule has 0 radical (unpaired) electrons. The van der Waals surface area contributed by atoms with Gasteiger partial charge in [-0.05, 0) is 110 Å². The number of likely N-dealkylation sites (tertiary alicyclic amines) is 1. The second kappa shape index (κ2) is 14.0. The molecule has 4 aromatic carbocycles. The topological polar surface area (TPSA) is 76.1 Å². The lowest BCUT2D eigenvalue weighted by Gasteiger charge is -2.39. The van der Waals surface area contributed by atoms with Crippen LogP contribution in [0.15, 0.2) is 60.7 Å². The van der Waals surface area contributed by atoms with Crippen LogP contribution in [0.5, 0.6) is 40.2 Å².